The summed E-state index contributed by atoms with van der Waals surface area (Å²) < 4.78 is 79.0. The van der Waals surface area contributed by atoms with Crippen molar-refractivity contribution in [3.8, 4) is 17.4 Å². The quantitative estimate of drug-likeness (QED) is 0.414. The zero-order chi connectivity index (χ0) is 24.3. The molecule has 1 unspecified atom stereocenters. The molecule has 3 aromatic rings. The molecular formula is C23H19F5N2O3. The number of anilines is 1. The normalized spacial score (nSPS) is 12.2. The van der Waals surface area contributed by atoms with Crippen LogP contribution in [0.3, 0.4) is 0 Å². The van der Waals surface area contributed by atoms with E-state index in [9.17, 15) is 26.7 Å². The topological polar surface area (TPSA) is 60.5 Å². The van der Waals surface area contributed by atoms with Crippen molar-refractivity contribution in [2.24, 2.45) is 0 Å². The molecule has 0 saturated carbocycles. The van der Waals surface area contributed by atoms with Crippen molar-refractivity contribution in [1.29, 1.82) is 0 Å². The van der Waals surface area contributed by atoms with Gasteiger partial charge in [-0.15, -0.1) is 0 Å². The molecule has 0 aliphatic rings. The third kappa shape index (κ3) is 5.57. The minimum Gasteiger partial charge on any atom is -0.481 e. The summed E-state index contributed by atoms with van der Waals surface area (Å²) in [4.78, 5) is 16.9. The van der Waals surface area contributed by atoms with Gasteiger partial charge in [0.05, 0.1) is 18.2 Å². The summed E-state index contributed by atoms with van der Waals surface area (Å²) in [7, 11) is 1.37. The standard InChI is InChI=1S/C23H19F5N2O3/c1-12-8-14(25)4-5-19(12)33-20-11-18(23(26,27)28)16(13(2)24)10-17(20)22(31)30-15-6-7-29-21(9-15)32-3/h4-11,13H,1-3H3,(H,29,30,31). The van der Waals surface area contributed by atoms with Gasteiger partial charge in [0.2, 0.25) is 5.88 Å². The fraction of sp³-hybridized carbons (Fsp3) is 0.217. The van der Waals surface area contributed by atoms with Gasteiger partial charge in [-0.25, -0.2) is 13.8 Å². The maximum absolute atomic E-state index is 14.1. The van der Waals surface area contributed by atoms with Crippen molar-refractivity contribution >= 4 is 11.6 Å². The molecule has 0 radical (unpaired) electrons. The van der Waals surface area contributed by atoms with Gasteiger partial charge < -0.3 is 14.8 Å². The maximum Gasteiger partial charge on any atom is 0.416 e. The number of pyridine rings is 1. The van der Waals surface area contributed by atoms with Gasteiger partial charge in [0, 0.05) is 18.0 Å². The summed E-state index contributed by atoms with van der Waals surface area (Å²) in [5, 5.41) is 2.50. The van der Waals surface area contributed by atoms with E-state index >= 15 is 0 Å². The van der Waals surface area contributed by atoms with E-state index < -0.39 is 40.9 Å². The molecule has 0 saturated heterocycles. The Morgan fingerprint density at radius 2 is 1.82 bits per heavy atom. The van der Waals surface area contributed by atoms with E-state index in [0.29, 0.717) is 6.07 Å². The average molecular weight is 466 g/mol. The van der Waals surface area contributed by atoms with Gasteiger partial charge in [0.15, 0.2) is 0 Å². The third-order valence-corrected chi connectivity index (χ3v) is 4.69. The Hall–Kier alpha value is -3.69. The van der Waals surface area contributed by atoms with Crippen molar-refractivity contribution in [3.63, 3.8) is 0 Å². The molecule has 33 heavy (non-hydrogen) atoms. The van der Waals surface area contributed by atoms with Gasteiger partial charge in [-0.2, -0.15) is 13.2 Å². The zero-order valence-corrected chi connectivity index (χ0v) is 17.8. The second-order valence-electron chi connectivity index (χ2n) is 7.10. The predicted molar refractivity (Wildman–Crippen MR) is 111 cm³/mol. The van der Waals surface area contributed by atoms with Crippen molar-refractivity contribution < 1.29 is 36.2 Å². The Bertz CT molecular complexity index is 1180. The molecule has 0 bridgehead atoms. The molecule has 1 amide bonds. The van der Waals surface area contributed by atoms with E-state index in [1.165, 1.54) is 38.4 Å². The van der Waals surface area contributed by atoms with Crippen molar-refractivity contribution in [2.45, 2.75) is 26.2 Å². The van der Waals surface area contributed by atoms with Crippen LogP contribution in [0.4, 0.5) is 27.6 Å². The first-order valence-corrected chi connectivity index (χ1v) is 9.64. The molecule has 174 valence electrons. The number of aryl methyl sites for hydroxylation is 1. The van der Waals surface area contributed by atoms with Crippen LogP contribution in [0.2, 0.25) is 0 Å². The van der Waals surface area contributed by atoms with Gasteiger partial charge in [-0.3, -0.25) is 4.79 Å². The van der Waals surface area contributed by atoms with Crippen LogP contribution in [0.15, 0.2) is 48.7 Å². The number of nitrogens with zero attached hydrogens (tertiary/aromatic N) is 1. The second-order valence-corrected chi connectivity index (χ2v) is 7.10. The number of halogens is 5. The first-order valence-electron chi connectivity index (χ1n) is 9.64. The summed E-state index contributed by atoms with van der Waals surface area (Å²) in [6.07, 6.45) is -5.56. The Labute approximate surface area is 186 Å². The molecule has 10 heteroatoms. The van der Waals surface area contributed by atoms with E-state index in [4.69, 9.17) is 9.47 Å². The van der Waals surface area contributed by atoms with Gasteiger partial charge in [-0.05, 0) is 61.4 Å². The number of nitrogens with one attached hydrogen (secondary N) is 1. The van der Waals surface area contributed by atoms with Crippen LogP contribution < -0.4 is 14.8 Å². The van der Waals surface area contributed by atoms with Crippen LogP contribution in [0, 0.1) is 12.7 Å². The van der Waals surface area contributed by atoms with Crippen molar-refractivity contribution in [1.82, 2.24) is 4.98 Å². The summed E-state index contributed by atoms with van der Waals surface area (Å²) >= 11 is 0. The third-order valence-electron chi connectivity index (χ3n) is 4.69. The molecule has 0 aliphatic carbocycles. The lowest BCUT2D eigenvalue weighted by atomic mass is 9.98. The van der Waals surface area contributed by atoms with E-state index in [-0.39, 0.29) is 28.4 Å². The number of methoxy groups -OCH3 is 1. The summed E-state index contributed by atoms with van der Waals surface area (Å²) in [5.74, 6) is -1.67. The van der Waals surface area contributed by atoms with Gasteiger partial charge in [0.25, 0.3) is 5.91 Å². The number of rotatable bonds is 6. The van der Waals surface area contributed by atoms with Crippen LogP contribution in [0.1, 0.15) is 40.1 Å². The number of aromatic nitrogens is 1. The molecule has 1 heterocycles. The fourth-order valence-corrected chi connectivity index (χ4v) is 3.08. The highest BCUT2D eigenvalue weighted by atomic mass is 19.4. The van der Waals surface area contributed by atoms with Crippen LogP contribution in [-0.2, 0) is 6.18 Å². The molecule has 0 aliphatic heterocycles. The summed E-state index contributed by atoms with van der Waals surface area (Å²) in [6, 6.07) is 7.61. The second kappa shape index (κ2) is 9.43. The van der Waals surface area contributed by atoms with Gasteiger partial charge in [-0.1, -0.05) is 0 Å². The molecule has 5 nitrogen and oxygen atoms in total. The monoisotopic (exact) mass is 466 g/mol. The molecular weight excluding hydrogens is 447 g/mol. The van der Waals surface area contributed by atoms with Crippen LogP contribution in [0.25, 0.3) is 0 Å². The summed E-state index contributed by atoms with van der Waals surface area (Å²) in [5.41, 5.74) is -1.82. The number of ether oxygens (including phenoxy) is 2. The number of hydrogen-bond donors (Lipinski definition) is 1. The van der Waals surface area contributed by atoms with E-state index in [0.717, 1.165) is 25.1 Å². The Balaban J connectivity index is 2.12. The van der Waals surface area contributed by atoms with Gasteiger partial charge in [0.1, 0.15) is 23.5 Å². The van der Waals surface area contributed by atoms with Crippen LogP contribution in [0.5, 0.6) is 17.4 Å². The minimum absolute atomic E-state index is 0.0326. The Kier molecular flexibility index (Phi) is 6.85. The molecule has 2 aromatic carbocycles. The lowest BCUT2D eigenvalue weighted by Gasteiger charge is -2.19. The van der Waals surface area contributed by atoms with Crippen LogP contribution in [-0.4, -0.2) is 18.0 Å². The summed E-state index contributed by atoms with van der Waals surface area (Å²) in [6.45, 7) is 2.43. The number of carbonyl (C=O) groups excluding carboxylic acids is 1. The molecule has 1 aromatic heterocycles. The molecule has 0 fully saturated rings. The largest absolute Gasteiger partial charge is 0.481 e. The Morgan fingerprint density at radius 1 is 1.09 bits per heavy atom. The number of hydrogen-bond acceptors (Lipinski definition) is 4. The minimum atomic E-state index is -4.90. The molecule has 1 N–H and O–H groups in total. The first-order chi connectivity index (χ1) is 15.5. The van der Waals surface area contributed by atoms with E-state index in [1.807, 2.05) is 0 Å². The highest BCUT2D eigenvalue weighted by Crippen LogP contribution is 2.41. The number of alkyl halides is 4. The zero-order valence-electron chi connectivity index (χ0n) is 17.8. The number of carbonyl (C=O) groups is 1. The van der Waals surface area contributed by atoms with Crippen molar-refractivity contribution in [3.05, 3.63) is 76.7 Å². The highest BCUT2D eigenvalue weighted by Gasteiger charge is 2.37. The smallest absolute Gasteiger partial charge is 0.416 e. The molecule has 0 spiro atoms. The molecule has 1 atom stereocenters. The van der Waals surface area contributed by atoms with Crippen molar-refractivity contribution in [2.75, 3.05) is 12.4 Å². The molecule has 3 rings (SSSR count). The Morgan fingerprint density at radius 3 is 2.42 bits per heavy atom. The lowest BCUT2D eigenvalue weighted by molar-refractivity contribution is -0.138. The van der Waals surface area contributed by atoms with Crippen LogP contribution >= 0.6 is 0 Å². The first kappa shape index (κ1) is 24.0. The average Bonchev–Trinajstić information content (AvgIpc) is 2.74. The maximum atomic E-state index is 14.1. The highest BCUT2D eigenvalue weighted by molar-refractivity contribution is 6.06. The fourth-order valence-electron chi connectivity index (χ4n) is 3.08. The number of amides is 1. The predicted octanol–water partition coefficient (Wildman–Crippen LogP) is 6.63. The SMILES string of the molecule is COc1cc(NC(=O)c2cc(C(C)F)c(C(F)(F)F)cc2Oc2ccc(F)cc2C)ccn1. The van der Waals surface area contributed by atoms with Gasteiger partial charge >= 0.3 is 6.18 Å². The van der Waals surface area contributed by atoms with E-state index in [2.05, 4.69) is 10.3 Å². The lowest BCUT2D eigenvalue weighted by Crippen LogP contribution is -2.17. The van der Waals surface area contributed by atoms with E-state index in [1.54, 1.807) is 0 Å². The number of benzene rings is 2.